The molecule has 1 fully saturated rings. The summed E-state index contributed by atoms with van der Waals surface area (Å²) in [6, 6.07) is 1.31. The molecule has 0 bridgehead atoms. The van der Waals surface area contributed by atoms with Crippen molar-refractivity contribution in [1.82, 2.24) is 0 Å². The van der Waals surface area contributed by atoms with Crippen molar-refractivity contribution in [1.29, 1.82) is 0 Å². The summed E-state index contributed by atoms with van der Waals surface area (Å²) in [5.41, 5.74) is 0.188. The summed E-state index contributed by atoms with van der Waals surface area (Å²) in [6.45, 7) is 6.84. The van der Waals surface area contributed by atoms with Crippen molar-refractivity contribution in [2.75, 3.05) is 6.61 Å². The topological polar surface area (TPSA) is 52.6 Å². The molecule has 0 amide bonds. The molecule has 24 heavy (non-hydrogen) atoms. The summed E-state index contributed by atoms with van der Waals surface area (Å²) in [5.74, 6) is -0.262. The Hall–Kier alpha value is -0.970. The number of ether oxygens (including phenoxy) is 2. The second kappa shape index (κ2) is 7.51. The number of esters is 1. The molecule has 1 aliphatic rings. The van der Waals surface area contributed by atoms with Crippen LogP contribution in [0.3, 0.4) is 0 Å². The van der Waals surface area contributed by atoms with Gasteiger partial charge in [-0.3, -0.25) is 4.79 Å². The average Bonchev–Trinajstić information content (AvgIpc) is 3.28. The van der Waals surface area contributed by atoms with Crippen molar-refractivity contribution in [2.45, 2.75) is 33.6 Å². The first-order valence-corrected chi connectivity index (χ1v) is 8.79. The Balaban J connectivity index is 2.15. The van der Waals surface area contributed by atoms with Crippen LogP contribution in [0.4, 0.5) is 0 Å². The van der Waals surface area contributed by atoms with Gasteiger partial charge in [-0.15, -0.1) is 0 Å². The van der Waals surface area contributed by atoms with Gasteiger partial charge in [0.1, 0.15) is 5.56 Å². The van der Waals surface area contributed by atoms with E-state index in [4.69, 9.17) is 44.3 Å². The molecule has 0 saturated heterocycles. The van der Waals surface area contributed by atoms with Crippen molar-refractivity contribution in [3.05, 3.63) is 26.7 Å². The van der Waals surface area contributed by atoms with Gasteiger partial charge in [0, 0.05) is 0 Å². The Morgan fingerprint density at radius 3 is 2.46 bits per heavy atom. The van der Waals surface area contributed by atoms with E-state index in [1.165, 1.54) is 18.9 Å². The molecule has 0 radical (unpaired) electrons. The van der Waals surface area contributed by atoms with Crippen LogP contribution in [0.1, 0.15) is 44.0 Å². The van der Waals surface area contributed by atoms with Crippen LogP contribution in [0.5, 0.6) is 5.75 Å². The molecule has 132 valence electrons. The molecule has 2 unspecified atom stereocenters. The average molecular weight is 394 g/mol. The van der Waals surface area contributed by atoms with Gasteiger partial charge in [0.05, 0.1) is 21.7 Å². The highest BCUT2D eigenvalue weighted by Crippen LogP contribution is 2.53. The van der Waals surface area contributed by atoms with E-state index in [0.29, 0.717) is 11.3 Å². The molecule has 2 rings (SSSR count). The lowest BCUT2D eigenvalue weighted by molar-refractivity contribution is -0.120. The van der Waals surface area contributed by atoms with E-state index in [1.54, 1.807) is 0 Å². The highest BCUT2D eigenvalue weighted by molar-refractivity contribution is 6.45. The second-order valence-corrected chi connectivity index (χ2v) is 7.78. The number of hydrogen-bond acceptors (Lipinski definition) is 4. The maximum absolute atomic E-state index is 12.4. The minimum Gasteiger partial charge on any atom is -0.462 e. The molecule has 7 heteroatoms. The third kappa shape index (κ3) is 3.98. The summed E-state index contributed by atoms with van der Waals surface area (Å²) in [5, 5.41) is 0.0342. The number of carbonyl (C=O) groups is 2. The van der Waals surface area contributed by atoms with Crippen LogP contribution in [-0.4, -0.2) is 19.0 Å². The molecule has 0 aromatic heterocycles. The zero-order valence-corrected chi connectivity index (χ0v) is 16.0. The summed E-state index contributed by atoms with van der Waals surface area (Å²) in [6.07, 6.45) is 2.39. The lowest BCUT2D eigenvalue weighted by Crippen LogP contribution is -2.23. The monoisotopic (exact) mass is 392 g/mol. The van der Waals surface area contributed by atoms with Crippen LogP contribution >= 0.6 is 34.8 Å². The van der Waals surface area contributed by atoms with E-state index in [9.17, 15) is 9.59 Å². The quantitative estimate of drug-likeness (QED) is 0.353. The van der Waals surface area contributed by atoms with Crippen molar-refractivity contribution >= 4 is 47.2 Å². The van der Waals surface area contributed by atoms with Gasteiger partial charge in [0.25, 0.3) is 6.47 Å². The van der Waals surface area contributed by atoms with Gasteiger partial charge in [-0.2, -0.15) is 0 Å². The Morgan fingerprint density at radius 2 is 1.92 bits per heavy atom. The molecule has 1 aromatic rings. The number of rotatable bonds is 7. The minimum atomic E-state index is -0.721. The molecule has 1 saturated carbocycles. The fraction of sp³-hybridized carbons (Fsp3) is 0.529. The van der Waals surface area contributed by atoms with Crippen LogP contribution in [0.25, 0.3) is 0 Å². The van der Waals surface area contributed by atoms with E-state index in [-0.39, 0.29) is 45.4 Å². The van der Waals surface area contributed by atoms with Crippen LogP contribution in [-0.2, 0) is 9.53 Å². The normalized spacial score (nSPS) is 17.8. The first-order chi connectivity index (χ1) is 11.2. The van der Waals surface area contributed by atoms with E-state index in [0.717, 1.165) is 0 Å². The van der Waals surface area contributed by atoms with Crippen LogP contribution < -0.4 is 4.74 Å². The lowest BCUT2D eigenvalue weighted by atomic mass is 9.83. The van der Waals surface area contributed by atoms with E-state index < -0.39 is 5.97 Å². The van der Waals surface area contributed by atoms with Gasteiger partial charge in [-0.25, -0.2) is 4.79 Å². The Labute approximate surface area is 156 Å². The van der Waals surface area contributed by atoms with Crippen molar-refractivity contribution in [2.24, 2.45) is 17.3 Å². The highest BCUT2D eigenvalue weighted by Gasteiger charge is 2.44. The van der Waals surface area contributed by atoms with Gasteiger partial charge >= 0.3 is 5.97 Å². The van der Waals surface area contributed by atoms with Gasteiger partial charge in [0.15, 0.2) is 5.75 Å². The van der Waals surface area contributed by atoms with Gasteiger partial charge in [-0.1, -0.05) is 55.6 Å². The zero-order chi connectivity index (χ0) is 18.1. The summed E-state index contributed by atoms with van der Waals surface area (Å²) in [7, 11) is 0. The van der Waals surface area contributed by atoms with Crippen LogP contribution in [0.2, 0.25) is 15.1 Å². The summed E-state index contributed by atoms with van der Waals surface area (Å²) < 4.78 is 10.2. The number of benzene rings is 1. The number of carbonyl (C=O) groups excluding carboxylic acids is 2. The third-order valence-electron chi connectivity index (χ3n) is 4.97. The largest absolute Gasteiger partial charge is 0.462 e. The first kappa shape index (κ1) is 19.4. The van der Waals surface area contributed by atoms with Gasteiger partial charge < -0.3 is 9.47 Å². The van der Waals surface area contributed by atoms with Crippen molar-refractivity contribution in [3.63, 3.8) is 0 Å². The van der Waals surface area contributed by atoms with Crippen molar-refractivity contribution < 1.29 is 19.1 Å². The predicted octanol–water partition coefficient (Wildman–Crippen LogP) is 5.41. The Bertz CT molecular complexity index is 656. The molecule has 0 aliphatic heterocycles. The van der Waals surface area contributed by atoms with Crippen LogP contribution in [0.15, 0.2) is 6.07 Å². The fourth-order valence-corrected chi connectivity index (χ4v) is 3.41. The maximum Gasteiger partial charge on any atom is 0.343 e. The highest BCUT2D eigenvalue weighted by atomic mass is 35.5. The Kier molecular flexibility index (Phi) is 6.05. The SMILES string of the molecule is CC(COC(=O)c1c(Cl)c(Cl)cc(Cl)c1OC=O)C(C)C1(C)CC1. The molecule has 2 atom stereocenters. The zero-order valence-electron chi connectivity index (χ0n) is 13.7. The molecule has 1 aromatic carbocycles. The van der Waals surface area contributed by atoms with Crippen molar-refractivity contribution in [3.8, 4) is 5.75 Å². The van der Waals surface area contributed by atoms with E-state index in [1.807, 2.05) is 6.92 Å². The third-order valence-corrected chi connectivity index (χ3v) is 6.03. The maximum atomic E-state index is 12.4. The predicted molar refractivity (Wildman–Crippen MR) is 94.1 cm³/mol. The molecular formula is C17H19Cl3O4. The molecule has 4 nitrogen and oxygen atoms in total. The molecule has 0 spiro atoms. The Morgan fingerprint density at radius 1 is 1.29 bits per heavy atom. The standard InChI is InChI=1S/C17H19Cl3O4/c1-9(10(2)17(3)4-5-17)7-23-16(22)13-14(20)11(18)6-12(19)15(13)24-8-21/h6,8-10H,4-5,7H2,1-3H3. The van der Waals surface area contributed by atoms with E-state index >= 15 is 0 Å². The molecule has 0 N–H and O–H groups in total. The van der Waals surface area contributed by atoms with Gasteiger partial charge in [0.2, 0.25) is 0 Å². The minimum absolute atomic E-state index is 0.00959. The summed E-state index contributed by atoms with van der Waals surface area (Å²) in [4.78, 5) is 23.1. The second-order valence-electron chi connectivity index (χ2n) is 6.59. The lowest BCUT2D eigenvalue weighted by Gasteiger charge is -2.25. The first-order valence-electron chi connectivity index (χ1n) is 7.66. The number of halogens is 3. The molecular weight excluding hydrogens is 375 g/mol. The molecule has 0 heterocycles. The van der Waals surface area contributed by atoms with E-state index in [2.05, 4.69) is 13.8 Å². The van der Waals surface area contributed by atoms with Gasteiger partial charge in [-0.05, 0) is 36.2 Å². The smallest absolute Gasteiger partial charge is 0.343 e. The fourth-order valence-electron chi connectivity index (χ4n) is 2.69. The van der Waals surface area contributed by atoms with Crippen LogP contribution in [0, 0.1) is 17.3 Å². The summed E-state index contributed by atoms with van der Waals surface area (Å²) >= 11 is 18.0. The number of hydrogen-bond donors (Lipinski definition) is 0. The molecule has 1 aliphatic carbocycles.